The topological polar surface area (TPSA) is 55.6 Å². The van der Waals surface area contributed by atoms with Crippen LogP contribution in [0.2, 0.25) is 0 Å². The van der Waals surface area contributed by atoms with Gasteiger partial charge in [-0.2, -0.15) is 0 Å². The molecule has 1 aliphatic heterocycles. The summed E-state index contributed by atoms with van der Waals surface area (Å²) in [4.78, 5) is 14.7. The molecule has 0 aromatic heterocycles. The first kappa shape index (κ1) is 13.4. The van der Waals surface area contributed by atoms with Crippen molar-refractivity contribution in [1.29, 1.82) is 0 Å². The Morgan fingerprint density at radius 2 is 2.20 bits per heavy atom. The summed E-state index contributed by atoms with van der Waals surface area (Å²) in [5, 5.41) is 0. The quantitative estimate of drug-likeness (QED) is 0.898. The van der Waals surface area contributed by atoms with Crippen molar-refractivity contribution in [2.24, 2.45) is 11.7 Å². The Bertz CT molecular complexity index is 515. The van der Waals surface area contributed by atoms with Crippen LogP contribution in [0.25, 0.3) is 0 Å². The number of hydrogen-bond donors (Lipinski definition) is 1. The molecule has 1 aromatic carbocycles. The van der Waals surface area contributed by atoms with Crippen LogP contribution in [0.3, 0.4) is 0 Å². The fraction of sp³-hybridized carbons (Fsp3) is 0.562. The molecule has 2 aliphatic rings. The van der Waals surface area contributed by atoms with Gasteiger partial charge in [-0.25, -0.2) is 0 Å². The summed E-state index contributed by atoms with van der Waals surface area (Å²) in [7, 11) is 1.67. The van der Waals surface area contributed by atoms with Crippen molar-refractivity contribution in [1.82, 2.24) is 0 Å². The van der Waals surface area contributed by atoms with Crippen LogP contribution in [0.1, 0.15) is 31.2 Å². The number of aryl methyl sites for hydroxylation is 1. The van der Waals surface area contributed by atoms with Crippen LogP contribution in [-0.2, 0) is 11.2 Å². The number of nitrogens with zero attached hydrogens (tertiary/aromatic N) is 1. The van der Waals surface area contributed by atoms with E-state index in [0.29, 0.717) is 0 Å². The SMILES string of the molecule is COc1ccc2c(c1)CCCN2C(=O)C1CCCC1N. The molecular formula is C16H22N2O2. The molecule has 2 unspecified atom stereocenters. The molecule has 0 saturated heterocycles. The van der Waals surface area contributed by atoms with Crippen molar-refractivity contribution >= 4 is 11.6 Å². The molecule has 1 aliphatic carbocycles. The highest BCUT2D eigenvalue weighted by molar-refractivity contribution is 5.96. The van der Waals surface area contributed by atoms with Gasteiger partial charge in [-0.05, 0) is 49.4 Å². The van der Waals surface area contributed by atoms with Crippen molar-refractivity contribution < 1.29 is 9.53 Å². The van der Waals surface area contributed by atoms with Gasteiger partial charge in [-0.1, -0.05) is 6.42 Å². The summed E-state index contributed by atoms with van der Waals surface area (Å²) in [6.07, 6.45) is 4.99. The average Bonchev–Trinajstić information content (AvgIpc) is 2.91. The van der Waals surface area contributed by atoms with Gasteiger partial charge in [-0.15, -0.1) is 0 Å². The molecule has 1 saturated carbocycles. The van der Waals surface area contributed by atoms with Crippen molar-refractivity contribution in [2.45, 2.75) is 38.1 Å². The third-order valence-corrected chi connectivity index (χ3v) is 4.56. The zero-order valence-electron chi connectivity index (χ0n) is 12.0. The molecule has 1 amide bonds. The number of carbonyl (C=O) groups is 1. The molecule has 2 atom stereocenters. The standard InChI is InChI=1S/C16H22N2O2/c1-20-12-7-8-15-11(10-12)4-3-9-18(15)16(19)13-5-2-6-14(13)17/h7-8,10,13-14H,2-6,9,17H2,1H3. The van der Waals surface area contributed by atoms with E-state index in [2.05, 4.69) is 0 Å². The Labute approximate surface area is 119 Å². The summed E-state index contributed by atoms with van der Waals surface area (Å²) >= 11 is 0. The minimum atomic E-state index is 0.00283. The fourth-order valence-electron chi connectivity index (χ4n) is 3.42. The van der Waals surface area contributed by atoms with Crippen molar-refractivity contribution in [3.8, 4) is 5.75 Å². The Balaban J connectivity index is 1.87. The molecule has 0 spiro atoms. The minimum Gasteiger partial charge on any atom is -0.497 e. The lowest BCUT2D eigenvalue weighted by atomic mass is 9.97. The molecule has 0 radical (unpaired) electrons. The zero-order valence-corrected chi connectivity index (χ0v) is 12.0. The van der Waals surface area contributed by atoms with E-state index in [0.717, 1.165) is 50.1 Å². The first-order chi connectivity index (χ1) is 9.70. The summed E-state index contributed by atoms with van der Waals surface area (Å²) in [5.41, 5.74) is 8.33. The van der Waals surface area contributed by atoms with E-state index in [1.54, 1.807) is 7.11 Å². The highest BCUT2D eigenvalue weighted by Gasteiger charge is 2.35. The van der Waals surface area contributed by atoms with Gasteiger partial charge >= 0.3 is 0 Å². The van der Waals surface area contributed by atoms with Gasteiger partial charge < -0.3 is 15.4 Å². The summed E-state index contributed by atoms with van der Waals surface area (Å²) in [6.45, 7) is 0.807. The van der Waals surface area contributed by atoms with Crippen LogP contribution >= 0.6 is 0 Å². The number of ether oxygens (including phenoxy) is 1. The summed E-state index contributed by atoms with van der Waals surface area (Å²) in [5.74, 6) is 1.07. The van der Waals surface area contributed by atoms with E-state index in [9.17, 15) is 4.79 Å². The number of benzene rings is 1. The molecule has 1 aromatic rings. The lowest BCUT2D eigenvalue weighted by Crippen LogP contribution is -2.44. The van der Waals surface area contributed by atoms with Crippen LogP contribution < -0.4 is 15.4 Å². The number of fused-ring (bicyclic) bond motifs is 1. The molecule has 3 rings (SSSR count). The Morgan fingerprint density at radius 3 is 2.90 bits per heavy atom. The maximum absolute atomic E-state index is 12.7. The molecule has 1 heterocycles. The molecule has 2 N–H and O–H groups in total. The molecule has 108 valence electrons. The highest BCUT2D eigenvalue weighted by Crippen LogP contribution is 2.34. The van der Waals surface area contributed by atoms with E-state index < -0.39 is 0 Å². The van der Waals surface area contributed by atoms with E-state index in [1.807, 2.05) is 23.1 Å². The fourth-order valence-corrected chi connectivity index (χ4v) is 3.42. The maximum Gasteiger partial charge on any atom is 0.231 e. The largest absolute Gasteiger partial charge is 0.497 e. The van der Waals surface area contributed by atoms with Crippen molar-refractivity contribution in [2.75, 3.05) is 18.6 Å². The Hall–Kier alpha value is -1.55. The van der Waals surface area contributed by atoms with Crippen molar-refractivity contribution in [3.05, 3.63) is 23.8 Å². The molecule has 0 bridgehead atoms. The predicted octanol–water partition coefficient (Wildman–Crippen LogP) is 2.10. The zero-order chi connectivity index (χ0) is 14.1. The van der Waals surface area contributed by atoms with Crippen LogP contribution in [0, 0.1) is 5.92 Å². The molecule has 1 fully saturated rings. The third-order valence-electron chi connectivity index (χ3n) is 4.56. The van der Waals surface area contributed by atoms with Gasteiger partial charge in [0.15, 0.2) is 0 Å². The highest BCUT2D eigenvalue weighted by atomic mass is 16.5. The van der Waals surface area contributed by atoms with Gasteiger partial charge in [-0.3, -0.25) is 4.79 Å². The number of rotatable bonds is 2. The van der Waals surface area contributed by atoms with Crippen LogP contribution in [0.5, 0.6) is 5.75 Å². The monoisotopic (exact) mass is 274 g/mol. The van der Waals surface area contributed by atoms with E-state index in [-0.39, 0.29) is 17.9 Å². The minimum absolute atomic E-state index is 0.00283. The second-order valence-electron chi connectivity index (χ2n) is 5.79. The maximum atomic E-state index is 12.7. The van der Waals surface area contributed by atoms with E-state index in [4.69, 9.17) is 10.5 Å². The van der Waals surface area contributed by atoms with Gasteiger partial charge in [0.1, 0.15) is 5.75 Å². The van der Waals surface area contributed by atoms with Crippen LogP contribution in [0.15, 0.2) is 18.2 Å². The lowest BCUT2D eigenvalue weighted by Gasteiger charge is -2.32. The smallest absolute Gasteiger partial charge is 0.231 e. The molecule has 4 heteroatoms. The van der Waals surface area contributed by atoms with Gasteiger partial charge in [0.2, 0.25) is 5.91 Å². The van der Waals surface area contributed by atoms with Gasteiger partial charge in [0.25, 0.3) is 0 Å². The van der Waals surface area contributed by atoms with Gasteiger partial charge in [0.05, 0.1) is 13.0 Å². The number of nitrogens with two attached hydrogens (primary N) is 1. The number of hydrogen-bond acceptors (Lipinski definition) is 3. The van der Waals surface area contributed by atoms with Crippen LogP contribution in [0.4, 0.5) is 5.69 Å². The van der Waals surface area contributed by atoms with Gasteiger partial charge in [0, 0.05) is 18.3 Å². The first-order valence-electron chi connectivity index (χ1n) is 7.44. The number of methoxy groups -OCH3 is 1. The predicted molar refractivity (Wildman–Crippen MR) is 79.0 cm³/mol. The number of amides is 1. The first-order valence-corrected chi connectivity index (χ1v) is 7.44. The van der Waals surface area contributed by atoms with Crippen LogP contribution in [-0.4, -0.2) is 25.6 Å². The average molecular weight is 274 g/mol. The third kappa shape index (κ3) is 2.29. The molecule has 20 heavy (non-hydrogen) atoms. The van der Waals surface area contributed by atoms with Crippen molar-refractivity contribution in [3.63, 3.8) is 0 Å². The summed E-state index contributed by atoms with van der Waals surface area (Å²) < 4.78 is 5.27. The second-order valence-corrected chi connectivity index (χ2v) is 5.79. The normalized spacial score (nSPS) is 25.4. The number of carbonyl (C=O) groups excluding carboxylic acids is 1. The molecule has 4 nitrogen and oxygen atoms in total. The van der Waals surface area contributed by atoms with E-state index in [1.165, 1.54) is 5.56 Å². The Kier molecular flexibility index (Phi) is 3.66. The number of anilines is 1. The summed E-state index contributed by atoms with van der Waals surface area (Å²) in [6, 6.07) is 6.01. The lowest BCUT2D eigenvalue weighted by molar-refractivity contribution is -0.122. The van der Waals surface area contributed by atoms with E-state index >= 15 is 0 Å². The Morgan fingerprint density at radius 1 is 1.35 bits per heavy atom. The second kappa shape index (κ2) is 5.44. The molecular weight excluding hydrogens is 252 g/mol.